The van der Waals surface area contributed by atoms with Crippen LogP contribution in [0.25, 0.3) is 0 Å². The number of aromatic hydroxyl groups is 1. The molecule has 0 unspecified atom stereocenters. The first kappa shape index (κ1) is 19.1. The number of nitrogens with zero attached hydrogens (tertiary/aromatic N) is 1. The van der Waals surface area contributed by atoms with Crippen LogP contribution in [0.3, 0.4) is 0 Å². The third-order valence-electron chi connectivity index (χ3n) is 5.93. The van der Waals surface area contributed by atoms with E-state index in [1.807, 2.05) is 4.90 Å². The Morgan fingerprint density at radius 3 is 2.32 bits per heavy atom. The molecular formula is C21H22FNO4S. The number of sulfone groups is 1. The van der Waals surface area contributed by atoms with Crippen LogP contribution >= 0.6 is 0 Å². The zero-order valence-electron chi connectivity index (χ0n) is 15.3. The van der Waals surface area contributed by atoms with Gasteiger partial charge >= 0.3 is 0 Å². The van der Waals surface area contributed by atoms with Gasteiger partial charge in [-0.1, -0.05) is 18.2 Å². The molecule has 1 N–H and O–H groups in total. The maximum absolute atomic E-state index is 13.5. The largest absolute Gasteiger partial charge is 0.505 e. The first-order chi connectivity index (χ1) is 13.3. The molecule has 1 aliphatic heterocycles. The van der Waals surface area contributed by atoms with E-state index in [9.17, 15) is 22.7 Å². The van der Waals surface area contributed by atoms with Crippen LogP contribution in [-0.4, -0.2) is 49.1 Å². The predicted octanol–water partition coefficient (Wildman–Crippen LogP) is 2.90. The van der Waals surface area contributed by atoms with Gasteiger partial charge in [-0.2, -0.15) is 0 Å². The maximum Gasteiger partial charge on any atom is 0.181 e. The summed E-state index contributed by atoms with van der Waals surface area (Å²) in [6.45, 7) is 1.53. The van der Waals surface area contributed by atoms with Crippen molar-refractivity contribution >= 4 is 15.6 Å². The van der Waals surface area contributed by atoms with Crippen LogP contribution in [0.2, 0.25) is 0 Å². The van der Waals surface area contributed by atoms with Crippen molar-refractivity contribution in [2.24, 2.45) is 11.8 Å². The average molecular weight is 403 g/mol. The molecule has 2 fully saturated rings. The third-order valence-corrected chi connectivity index (χ3v) is 8.12. The normalized spacial score (nSPS) is 25.0. The number of phenols is 1. The number of carbonyl (C=O) groups is 1. The number of likely N-dealkylation sites (tertiary alicyclic amines) is 1. The number of fused-ring (bicyclic) bond motifs is 1. The number of benzene rings is 2. The molecular weight excluding hydrogens is 381 g/mol. The highest BCUT2D eigenvalue weighted by Crippen LogP contribution is 2.42. The van der Waals surface area contributed by atoms with Crippen molar-refractivity contribution in [3.05, 3.63) is 59.9 Å². The minimum atomic E-state index is -3.32. The summed E-state index contributed by atoms with van der Waals surface area (Å²) in [5.74, 6) is -0.968. The second-order valence-electron chi connectivity index (χ2n) is 7.76. The van der Waals surface area contributed by atoms with Crippen molar-refractivity contribution in [3.8, 4) is 5.75 Å². The van der Waals surface area contributed by atoms with Crippen molar-refractivity contribution < 1.29 is 22.7 Å². The average Bonchev–Trinajstić information content (AvgIpc) is 3.23. The lowest BCUT2D eigenvalue weighted by Crippen LogP contribution is -2.30. The fraction of sp³-hybridized carbons (Fsp3) is 0.381. The lowest BCUT2D eigenvalue weighted by Gasteiger charge is -2.18. The Kier molecular flexibility index (Phi) is 4.97. The predicted molar refractivity (Wildman–Crippen MR) is 102 cm³/mol. The number of Topliss-reactive ketones (excluding diaryl/α,β-unsaturated/α-hetero) is 1. The van der Waals surface area contributed by atoms with E-state index in [4.69, 9.17) is 0 Å². The Labute approximate surface area is 163 Å². The van der Waals surface area contributed by atoms with Crippen LogP contribution < -0.4 is 0 Å². The first-order valence-electron chi connectivity index (χ1n) is 9.37. The molecule has 28 heavy (non-hydrogen) atoms. The number of hydrogen-bond donors (Lipinski definition) is 1. The number of phenolic OH excluding ortho intramolecular Hbond substituents is 1. The number of halogens is 1. The molecule has 7 heteroatoms. The Bertz CT molecular complexity index is 979. The first-order valence-corrected chi connectivity index (χ1v) is 10.9. The minimum Gasteiger partial charge on any atom is -0.505 e. The molecule has 0 radical (unpaired) electrons. The molecule has 2 aliphatic rings. The van der Waals surface area contributed by atoms with E-state index in [2.05, 4.69) is 0 Å². The summed E-state index contributed by atoms with van der Waals surface area (Å²) < 4.78 is 39.2. The summed E-state index contributed by atoms with van der Waals surface area (Å²) in [5, 5.41) is 8.88. The van der Waals surface area contributed by atoms with Gasteiger partial charge in [-0.25, -0.2) is 12.8 Å². The maximum atomic E-state index is 13.5. The van der Waals surface area contributed by atoms with Gasteiger partial charge in [0.05, 0.1) is 16.7 Å². The monoisotopic (exact) mass is 403 g/mol. The SMILES string of the molecule is O=C(CN1C[C@H]2C[C@H](S(=O)(=O)c3ccccc3)C[C@H]2C1)c1ccc(O)c(F)c1. The molecule has 5 nitrogen and oxygen atoms in total. The van der Waals surface area contributed by atoms with Crippen LogP contribution in [0.1, 0.15) is 23.2 Å². The van der Waals surface area contributed by atoms with Gasteiger partial charge in [0.25, 0.3) is 0 Å². The molecule has 0 aromatic heterocycles. The number of rotatable bonds is 5. The summed E-state index contributed by atoms with van der Waals surface area (Å²) in [7, 11) is -3.32. The lowest BCUT2D eigenvalue weighted by molar-refractivity contribution is 0.0940. The van der Waals surface area contributed by atoms with Gasteiger partial charge in [-0.15, -0.1) is 0 Å². The van der Waals surface area contributed by atoms with E-state index in [1.165, 1.54) is 12.1 Å². The van der Waals surface area contributed by atoms with Gasteiger partial charge in [-0.05, 0) is 55.0 Å². The molecule has 4 rings (SSSR count). The van der Waals surface area contributed by atoms with Gasteiger partial charge in [0.1, 0.15) is 0 Å². The molecule has 1 saturated heterocycles. The molecule has 0 bridgehead atoms. The number of ketones is 1. The lowest BCUT2D eigenvalue weighted by atomic mass is 10.0. The van der Waals surface area contributed by atoms with E-state index in [1.54, 1.807) is 30.3 Å². The van der Waals surface area contributed by atoms with Crippen LogP contribution in [0, 0.1) is 17.7 Å². The van der Waals surface area contributed by atoms with E-state index in [0.29, 0.717) is 30.8 Å². The van der Waals surface area contributed by atoms with Gasteiger partial charge in [0.2, 0.25) is 0 Å². The summed E-state index contributed by atoms with van der Waals surface area (Å²) in [5.41, 5.74) is 0.233. The molecule has 1 aliphatic carbocycles. The van der Waals surface area contributed by atoms with Gasteiger partial charge in [-0.3, -0.25) is 9.69 Å². The summed E-state index contributed by atoms with van der Waals surface area (Å²) in [4.78, 5) is 14.8. The standard InChI is InChI=1S/C21H22FNO4S/c22-19-10-14(6-7-20(19)24)21(25)13-23-11-15-8-18(9-16(15)12-23)28(26,27)17-4-2-1-3-5-17/h1-7,10,15-16,18,24H,8-9,11-13H2/t15-,16+,18+. The fourth-order valence-corrected chi connectivity index (χ4v) is 6.42. The van der Waals surface area contributed by atoms with E-state index < -0.39 is 21.4 Å². The molecule has 0 spiro atoms. The zero-order valence-corrected chi connectivity index (χ0v) is 16.1. The second kappa shape index (κ2) is 7.29. The molecule has 0 amide bonds. The minimum absolute atomic E-state index is 0.174. The fourth-order valence-electron chi connectivity index (χ4n) is 4.50. The summed E-state index contributed by atoms with van der Waals surface area (Å²) >= 11 is 0. The Balaban J connectivity index is 1.38. The van der Waals surface area contributed by atoms with Crippen molar-refractivity contribution in [3.63, 3.8) is 0 Å². The zero-order chi connectivity index (χ0) is 19.9. The molecule has 2 aromatic rings. The Hall–Kier alpha value is -2.25. The van der Waals surface area contributed by atoms with Crippen LogP contribution in [0.15, 0.2) is 53.4 Å². The van der Waals surface area contributed by atoms with Crippen molar-refractivity contribution in [1.82, 2.24) is 4.90 Å². The smallest absolute Gasteiger partial charge is 0.181 e. The quantitative estimate of drug-likeness (QED) is 0.777. The van der Waals surface area contributed by atoms with Gasteiger partial charge < -0.3 is 5.11 Å². The summed E-state index contributed by atoms with van der Waals surface area (Å²) in [6.07, 6.45) is 1.22. The number of hydrogen-bond acceptors (Lipinski definition) is 5. The van der Waals surface area contributed by atoms with E-state index in [-0.39, 0.29) is 35.0 Å². The molecule has 2 aromatic carbocycles. The molecule has 1 heterocycles. The van der Waals surface area contributed by atoms with Crippen molar-refractivity contribution in [2.75, 3.05) is 19.6 Å². The molecule has 148 valence electrons. The topological polar surface area (TPSA) is 74.7 Å². The summed E-state index contributed by atoms with van der Waals surface area (Å²) in [6, 6.07) is 12.2. The van der Waals surface area contributed by atoms with Crippen molar-refractivity contribution in [1.29, 1.82) is 0 Å². The second-order valence-corrected chi connectivity index (χ2v) is 9.98. The van der Waals surface area contributed by atoms with Crippen LogP contribution in [-0.2, 0) is 9.84 Å². The van der Waals surface area contributed by atoms with Crippen LogP contribution in [0.4, 0.5) is 4.39 Å². The van der Waals surface area contributed by atoms with E-state index in [0.717, 1.165) is 6.07 Å². The van der Waals surface area contributed by atoms with Gasteiger partial charge in [0.15, 0.2) is 27.2 Å². The van der Waals surface area contributed by atoms with Crippen LogP contribution in [0.5, 0.6) is 5.75 Å². The Morgan fingerprint density at radius 2 is 1.71 bits per heavy atom. The van der Waals surface area contributed by atoms with E-state index >= 15 is 0 Å². The highest BCUT2D eigenvalue weighted by molar-refractivity contribution is 7.92. The Morgan fingerprint density at radius 1 is 1.07 bits per heavy atom. The molecule has 3 atom stereocenters. The molecule has 1 saturated carbocycles. The van der Waals surface area contributed by atoms with Gasteiger partial charge in [0, 0.05) is 18.7 Å². The highest BCUT2D eigenvalue weighted by Gasteiger charge is 2.45. The number of carbonyl (C=O) groups excluding carboxylic acids is 1. The third kappa shape index (κ3) is 3.56. The van der Waals surface area contributed by atoms with Crippen molar-refractivity contribution in [2.45, 2.75) is 23.0 Å². The highest BCUT2D eigenvalue weighted by atomic mass is 32.2.